The summed E-state index contributed by atoms with van der Waals surface area (Å²) in [6, 6.07) is 3.74. The van der Waals surface area contributed by atoms with Crippen LogP contribution in [0.5, 0.6) is 5.75 Å². The number of aromatic nitrogens is 1. The lowest BCUT2D eigenvalue weighted by Gasteiger charge is -2.22. The summed E-state index contributed by atoms with van der Waals surface area (Å²) in [5, 5.41) is 0. The van der Waals surface area contributed by atoms with Crippen LogP contribution in [0.15, 0.2) is 18.3 Å². The Hall–Kier alpha value is -1.13. The molecule has 1 heterocycles. The minimum absolute atomic E-state index is 0.0449. The Labute approximate surface area is 103 Å². The molecule has 0 fully saturated rings. The molecule has 0 amide bonds. The van der Waals surface area contributed by atoms with Gasteiger partial charge in [-0.05, 0) is 32.9 Å². The van der Waals surface area contributed by atoms with Crippen molar-refractivity contribution in [2.24, 2.45) is 5.73 Å². The van der Waals surface area contributed by atoms with Crippen molar-refractivity contribution in [2.45, 2.75) is 38.8 Å². The average molecular weight is 238 g/mol. The fourth-order valence-corrected chi connectivity index (χ4v) is 1.26. The fourth-order valence-electron chi connectivity index (χ4n) is 1.26. The molecule has 2 N–H and O–H groups in total. The second kappa shape index (κ2) is 5.98. The molecule has 1 aromatic rings. The lowest BCUT2D eigenvalue weighted by Crippen LogP contribution is -2.25. The summed E-state index contributed by atoms with van der Waals surface area (Å²) < 4.78 is 10.9. The van der Waals surface area contributed by atoms with E-state index in [1.165, 1.54) is 0 Å². The number of ether oxygens (including phenoxy) is 2. The molecule has 0 spiro atoms. The number of nitrogens with zero attached hydrogens (tertiary/aromatic N) is 1. The molecule has 96 valence electrons. The van der Waals surface area contributed by atoms with Crippen molar-refractivity contribution in [1.82, 2.24) is 4.98 Å². The smallest absolute Gasteiger partial charge is 0.137 e. The third-order valence-electron chi connectivity index (χ3n) is 2.75. The number of nitrogens with two attached hydrogens (primary N) is 1. The number of methoxy groups -OCH3 is 1. The van der Waals surface area contributed by atoms with E-state index in [-0.39, 0.29) is 11.6 Å². The molecular formula is C13H22N2O2. The summed E-state index contributed by atoms with van der Waals surface area (Å²) >= 11 is 0. The molecule has 1 aromatic heterocycles. The van der Waals surface area contributed by atoms with E-state index in [1.54, 1.807) is 13.3 Å². The zero-order valence-corrected chi connectivity index (χ0v) is 11.1. The summed E-state index contributed by atoms with van der Waals surface area (Å²) in [4.78, 5) is 4.23. The normalized spacial score (nSPS) is 13.5. The van der Waals surface area contributed by atoms with Crippen molar-refractivity contribution in [1.29, 1.82) is 0 Å². The van der Waals surface area contributed by atoms with Crippen molar-refractivity contribution < 1.29 is 9.47 Å². The molecule has 0 saturated heterocycles. The van der Waals surface area contributed by atoms with E-state index in [2.05, 4.69) is 4.98 Å². The number of pyridine rings is 1. The van der Waals surface area contributed by atoms with Crippen LogP contribution in [0.4, 0.5) is 0 Å². The standard InChI is InChI=1S/C13H22N2O2/c1-10(14)12-6-5-11(9-15-12)17-8-7-13(2,3)16-4/h5-6,9-10H,7-8,14H2,1-4H3. The van der Waals surface area contributed by atoms with Crippen LogP contribution in [0.1, 0.15) is 38.9 Å². The van der Waals surface area contributed by atoms with E-state index in [0.29, 0.717) is 6.61 Å². The van der Waals surface area contributed by atoms with Gasteiger partial charge in [0.05, 0.1) is 24.1 Å². The van der Waals surface area contributed by atoms with Gasteiger partial charge in [-0.3, -0.25) is 4.98 Å². The molecule has 0 bridgehead atoms. The van der Waals surface area contributed by atoms with Gasteiger partial charge >= 0.3 is 0 Å². The van der Waals surface area contributed by atoms with Crippen molar-refractivity contribution >= 4 is 0 Å². The zero-order valence-electron chi connectivity index (χ0n) is 11.1. The molecule has 1 atom stereocenters. The van der Waals surface area contributed by atoms with Crippen LogP contribution in [-0.2, 0) is 4.74 Å². The van der Waals surface area contributed by atoms with Crippen LogP contribution >= 0.6 is 0 Å². The molecule has 0 aromatic carbocycles. The van der Waals surface area contributed by atoms with Gasteiger partial charge in [-0.25, -0.2) is 0 Å². The summed E-state index contributed by atoms with van der Waals surface area (Å²) in [6.07, 6.45) is 2.54. The van der Waals surface area contributed by atoms with Crippen molar-refractivity contribution in [2.75, 3.05) is 13.7 Å². The largest absolute Gasteiger partial charge is 0.492 e. The second-order valence-corrected chi connectivity index (χ2v) is 4.77. The zero-order chi connectivity index (χ0) is 12.9. The van der Waals surface area contributed by atoms with Crippen LogP contribution in [-0.4, -0.2) is 24.3 Å². The van der Waals surface area contributed by atoms with Gasteiger partial charge in [0.2, 0.25) is 0 Å². The molecule has 1 rings (SSSR count). The third-order valence-corrected chi connectivity index (χ3v) is 2.75. The Bertz CT molecular complexity index is 334. The quantitative estimate of drug-likeness (QED) is 0.826. The van der Waals surface area contributed by atoms with E-state index in [9.17, 15) is 0 Å². The summed E-state index contributed by atoms with van der Waals surface area (Å²) in [5.74, 6) is 0.765. The van der Waals surface area contributed by atoms with Gasteiger partial charge in [-0.1, -0.05) is 0 Å². The van der Waals surface area contributed by atoms with Gasteiger partial charge in [0.15, 0.2) is 0 Å². The molecule has 0 radical (unpaired) electrons. The number of hydrogen-bond acceptors (Lipinski definition) is 4. The minimum Gasteiger partial charge on any atom is -0.492 e. The molecule has 0 aliphatic heterocycles. The first-order valence-electron chi connectivity index (χ1n) is 5.84. The van der Waals surface area contributed by atoms with Crippen molar-refractivity contribution in [3.05, 3.63) is 24.0 Å². The minimum atomic E-state index is -0.154. The third kappa shape index (κ3) is 4.71. The van der Waals surface area contributed by atoms with E-state index >= 15 is 0 Å². The summed E-state index contributed by atoms with van der Waals surface area (Å²) in [7, 11) is 1.71. The molecule has 0 aliphatic carbocycles. The van der Waals surface area contributed by atoms with Crippen LogP contribution in [0.3, 0.4) is 0 Å². The maximum absolute atomic E-state index is 5.72. The van der Waals surface area contributed by atoms with Crippen LogP contribution in [0.25, 0.3) is 0 Å². The summed E-state index contributed by atoms with van der Waals surface area (Å²) in [6.45, 7) is 6.59. The molecular weight excluding hydrogens is 216 g/mol. The number of hydrogen-bond donors (Lipinski definition) is 1. The predicted molar refractivity (Wildman–Crippen MR) is 68.0 cm³/mol. The summed E-state index contributed by atoms with van der Waals surface area (Å²) in [5.41, 5.74) is 6.44. The molecule has 4 nitrogen and oxygen atoms in total. The molecule has 1 unspecified atom stereocenters. The average Bonchev–Trinajstić information content (AvgIpc) is 2.29. The first-order valence-corrected chi connectivity index (χ1v) is 5.84. The molecule has 4 heteroatoms. The maximum atomic E-state index is 5.72. The van der Waals surface area contributed by atoms with Crippen LogP contribution in [0, 0.1) is 0 Å². The predicted octanol–water partition coefficient (Wildman–Crippen LogP) is 2.30. The Balaban J connectivity index is 2.42. The highest BCUT2D eigenvalue weighted by molar-refractivity contribution is 5.21. The Morgan fingerprint density at radius 3 is 2.59 bits per heavy atom. The highest BCUT2D eigenvalue weighted by atomic mass is 16.5. The lowest BCUT2D eigenvalue weighted by molar-refractivity contribution is 0.00542. The first-order chi connectivity index (χ1) is 7.94. The second-order valence-electron chi connectivity index (χ2n) is 4.77. The van der Waals surface area contributed by atoms with E-state index in [0.717, 1.165) is 17.9 Å². The lowest BCUT2D eigenvalue weighted by atomic mass is 10.1. The van der Waals surface area contributed by atoms with E-state index in [1.807, 2.05) is 32.9 Å². The van der Waals surface area contributed by atoms with Crippen LogP contribution in [0.2, 0.25) is 0 Å². The molecule has 0 saturated carbocycles. The highest BCUT2D eigenvalue weighted by Gasteiger charge is 2.15. The van der Waals surface area contributed by atoms with Gasteiger partial charge in [0.1, 0.15) is 5.75 Å². The maximum Gasteiger partial charge on any atom is 0.137 e. The highest BCUT2D eigenvalue weighted by Crippen LogP contribution is 2.16. The molecule has 17 heavy (non-hydrogen) atoms. The SMILES string of the molecule is COC(C)(C)CCOc1ccc(C(C)N)nc1. The molecule has 0 aliphatic rings. The first kappa shape index (κ1) is 13.9. The topological polar surface area (TPSA) is 57.4 Å². The van der Waals surface area contributed by atoms with Crippen molar-refractivity contribution in [3.8, 4) is 5.75 Å². The monoisotopic (exact) mass is 238 g/mol. The number of rotatable bonds is 6. The van der Waals surface area contributed by atoms with Gasteiger partial charge < -0.3 is 15.2 Å². The van der Waals surface area contributed by atoms with Crippen molar-refractivity contribution in [3.63, 3.8) is 0 Å². The van der Waals surface area contributed by atoms with Gasteiger partial charge in [0, 0.05) is 19.6 Å². The Morgan fingerprint density at radius 1 is 1.41 bits per heavy atom. The fraction of sp³-hybridized carbons (Fsp3) is 0.615. The van der Waals surface area contributed by atoms with Gasteiger partial charge in [0.25, 0.3) is 0 Å². The Kier molecular flexibility index (Phi) is 4.90. The van der Waals surface area contributed by atoms with E-state index in [4.69, 9.17) is 15.2 Å². The van der Waals surface area contributed by atoms with Crippen LogP contribution < -0.4 is 10.5 Å². The van der Waals surface area contributed by atoms with E-state index < -0.39 is 0 Å². The van der Waals surface area contributed by atoms with Gasteiger partial charge in [-0.2, -0.15) is 0 Å². The van der Waals surface area contributed by atoms with Gasteiger partial charge in [-0.15, -0.1) is 0 Å². The Morgan fingerprint density at radius 2 is 2.12 bits per heavy atom.